The number of piperidine rings is 1. The van der Waals surface area contributed by atoms with E-state index < -0.39 is 14.9 Å². The smallest absolute Gasteiger partial charge is 0.306 e. The molecule has 0 bridgehead atoms. The molecule has 3 N–H and O–H groups in total. The fourth-order valence-corrected chi connectivity index (χ4v) is 5.27. The molecule has 0 radical (unpaired) electrons. The normalized spacial score (nSPS) is 17.8. The average Bonchev–Trinajstić information content (AvgIpc) is 2.92. The first-order valence-electron chi connectivity index (χ1n) is 6.65. The van der Waals surface area contributed by atoms with E-state index in [2.05, 4.69) is 12.3 Å². The highest BCUT2D eigenvalue weighted by atomic mass is 32.2. The van der Waals surface area contributed by atoms with Crippen LogP contribution < -0.4 is 11.3 Å². The third-order valence-electron chi connectivity index (χ3n) is 3.76. The van der Waals surface area contributed by atoms with Crippen molar-refractivity contribution in [3.8, 4) is 0 Å². The highest BCUT2D eigenvalue weighted by molar-refractivity contribution is 7.91. The molecule has 0 amide bonds. The molecule has 0 aromatic carbocycles. The molecule has 1 saturated heterocycles. The molecule has 0 saturated carbocycles. The van der Waals surface area contributed by atoms with Gasteiger partial charge in [0.15, 0.2) is 5.00 Å². The Morgan fingerprint density at radius 3 is 2.57 bits per heavy atom. The van der Waals surface area contributed by atoms with Crippen molar-refractivity contribution in [2.24, 2.45) is 11.8 Å². The Hall–Kier alpha value is -1.23. The zero-order valence-electron chi connectivity index (χ0n) is 11.6. The Bertz CT molecular complexity index is 620. The van der Waals surface area contributed by atoms with Crippen LogP contribution in [0.2, 0.25) is 0 Å². The summed E-state index contributed by atoms with van der Waals surface area (Å²) in [5, 5.41) is 10.9. The van der Waals surface area contributed by atoms with E-state index in [1.54, 1.807) is 0 Å². The van der Waals surface area contributed by atoms with E-state index in [-0.39, 0.29) is 14.9 Å². The third-order valence-corrected chi connectivity index (χ3v) is 7.17. The van der Waals surface area contributed by atoms with Crippen LogP contribution in [-0.2, 0) is 10.0 Å². The molecule has 0 spiro atoms. The molecule has 1 aromatic heterocycles. The van der Waals surface area contributed by atoms with E-state index in [0.717, 1.165) is 36.7 Å². The van der Waals surface area contributed by atoms with Crippen molar-refractivity contribution in [2.45, 2.75) is 30.4 Å². The molecule has 0 aliphatic carbocycles. The van der Waals surface area contributed by atoms with Gasteiger partial charge in [-0.3, -0.25) is 10.1 Å². The van der Waals surface area contributed by atoms with Crippen LogP contribution >= 0.6 is 11.3 Å². The number of hydrazine groups is 1. The maximum atomic E-state index is 12.5. The van der Waals surface area contributed by atoms with Crippen LogP contribution in [0.3, 0.4) is 0 Å². The van der Waals surface area contributed by atoms with Crippen LogP contribution in [0.25, 0.3) is 0 Å². The molecule has 118 valence electrons. The monoisotopic (exact) mass is 334 g/mol. The summed E-state index contributed by atoms with van der Waals surface area (Å²) < 4.78 is 26.4. The largest absolute Gasteiger partial charge is 0.310 e. The van der Waals surface area contributed by atoms with Gasteiger partial charge in [0, 0.05) is 19.2 Å². The van der Waals surface area contributed by atoms with E-state index in [0.29, 0.717) is 19.0 Å². The molecule has 2 heterocycles. The summed E-state index contributed by atoms with van der Waals surface area (Å²) >= 11 is 0.788. The summed E-state index contributed by atoms with van der Waals surface area (Å²) in [5.41, 5.74) is 1.87. The predicted octanol–water partition coefficient (Wildman–Crippen LogP) is 1.75. The molecule has 0 unspecified atom stereocenters. The first kappa shape index (κ1) is 16.1. The summed E-state index contributed by atoms with van der Waals surface area (Å²) in [6.07, 6.45) is 2.69. The minimum absolute atomic E-state index is 0.0435. The minimum atomic E-state index is -3.69. The molecule has 10 heteroatoms. The molecule has 1 aliphatic rings. The maximum absolute atomic E-state index is 12.5. The van der Waals surface area contributed by atoms with E-state index in [1.165, 1.54) is 4.31 Å². The molecule has 1 aliphatic heterocycles. The van der Waals surface area contributed by atoms with Crippen molar-refractivity contribution < 1.29 is 13.3 Å². The number of nitrogen functional groups attached to an aromatic ring is 1. The van der Waals surface area contributed by atoms with Crippen LogP contribution in [0.15, 0.2) is 10.3 Å². The standard InChI is InChI=1S/C11H18N4O4S2/c1-2-8-3-5-14(6-4-8)21(18,19)10-7-9(15(16)17)11(13-12)20-10/h7-8,13H,2-6,12H2,1H3. The number of anilines is 1. The number of rotatable bonds is 5. The van der Waals surface area contributed by atoms with E-state index in [9.17, 15) is 18.5 Å². The van der Waals surface area contributed by atoms with Gasteiger partial charge >= 0.3 is 5.69 Å². The Balaban J connectivity index is 2.26. The number of nitro groups is 1. The predicted molar refractivity (Wildman–Crippen MR) is 80.6 cm³/mol. The van der Waals surface area contributed by atoms with Crippen LogP contribution in [0.1, 0.15) is 26.2 Å². The molecule has 21 heavy (non-hydrogen) atoms. The summed E-state index contributed by atoms with van der Waals surface area (Å²) in [6, 6.07) is 1.07. The first-order valence-corrected chi connectivity index (χ1v) is 8.90. The summed E-state index contributed by atoms with van der Waals surface area (Å²) in [7, 11) is -3.69. The van der Waals surface area contributed by atoms with E-state index in [4.69, 9.17) is 5.84 Å². The van der Waals surface area contributed by atoms with Gasteiger partial charge in [0.1, 0.15) is 4.21 Å². The zero-order chi connectivity index (χ0) is 15.6. The number of nitrogens with one attached hydrogen (secondary N) is 1. The van der Waals surface area contributed by atoms with Crippen LogP contribution in [-0.4, -0.2) is 30.7 Å². The lowest BCUT2D eigenvalue weighted by molar-refractivity contribution is -0.383. The number of hydrogen-bond acceptors (Lipinski definition) is 7. The second-order valence-electron chi connectivity index (χ2n) is 4.94. The Morgan fingerprint density at radius 2 is 2.14 bits per heavy atom. The van der Waals surface area contributed by atoms with E-state index in [1.807, 2.05) is 0 Å². The second kappa shape index (κ2) is 6.26. The highest BCUT2D eigenvalue weighted by Crippen LogP contribution is 2.38. The maximum Gasteiger partial charge on any atom is 0.306 e. The number of nitrogens with zero attached hydrogens (tertiary/aromatic N) is 2. The van der Waals surface area contributed by atoms with Crippen molar-refractivity contribution in [1.29, 1.82) is 0 Å². The van der Waals surface area contributed by atoms with Crippen LogP contribution in [0, 0.1) is 16.0 Å². The number of hydrogen-bond donors (Lipinski definition) is 2. The second-order valence-corrected chi connectivity index (χ2v) is 8.15. The molecule has 2 rings (SSSR count). The fraction of sp³-hybridized carbons (Fsp3) is 0.636. The van der Waals surface area contributed by atoms with E-state index >= 15 is 0 Å². The number of thiophene rings is 1. The van der Waals surface area contributed by atoms with Gasteiger partial charge in [-0.05, 0) is 18.8 Å². The SMILES string of the molecule is CCC1CCN(S(=O)(=O)c2cc([N+](=O)[O-])c(NN)s2)CC1. The quantitative estimate of drug-likeness (QED) is 0.481. The Labute approximate surface area is 127 Å². The summed E-state index contributed by atoms with van der Waals surface area (Å²) in [6.45, 7) is 3.01. The van der Waals surface area contributed by atoms with Crippen LogP contribution in [0.4, 0.5) is 10.7 Å². The first-order chi connectivity index (χ1) is 9.90. The Morgan fingerprint density at radius 1 is 1.52 bits per heavy atom. The van der Waals surface area contributed by atoms with Gasteiger partial charge in [0.2, 0.25) is 0 Å². The molecular formula is C11H18N4O4S2. The van der Waals surface area contributed by atoms with Gasteiger partial charge in [-0.25, -0.2) is 14.3 Å². The number of nitrogens with two attached hydrogens (primary N) is 1. The molecule has 8 nitrogen and oxygen atoms in total. The lowest BCUT2D eigenvalue weighted by Gasteiger charge is -2.30. The highest BCUT2D eigenvalue weighted by Gasteiger charge is 2.33. The topological polar surface area (TPSA) is 119 Å². The van der Waals surface area contributed by atoms with Crippen molar-refractivity contribution >= 4 is 32.0 Å². The minimum Gasteiger partial charge on any atom is -0.310 e. The lowest BCUT2D eigenvalue weighted by Crippen LogP contribution is -2.37. The Kier molecular flexibility index (Phi) is 4.81. The molecule has 0 atom stereocenters. The van der Waals surface area contributed by atoms with Gasteiger partial charge in [-0.15, -0.1) is 0 Å². The summed E-state index contributed by atoms with van der Waals surface area (Å²) in [4.78, 5) is 10.2. The average molecular weight is 334 g/mol. The lowest BCUT2D eigenvalue weighted by atomic mass is 9.96. The van der Waals surface area contributed by atoms with Crippen molar-refractivity contribution in [3.05, 3.63) is 16.2 Å². The molecule has 1 aromatic rings. The number of sulfonamides is 1. The fourth-order valence-electron chi connectivity index (χ4n) is 2.41. The van der Waals surface area contributed by atoms with Crippen molar-refractivity contribution in [1.82, 2.24) is 4.31 Å². The van der Waals surface area contributed by atoms with Crippen molar-refractivity contribution in [3.63, 3.8) is 0 Å². The molecular weight excluding hydrogens is 316 g/mol. The van der Waals surface area contributed by atoms with Gasteiger partial charge in [-0.2, -0.15) is 4.31 Å². The van der Waals surface area contributed by atoms with Gasteiger partial charge < -0.3 is 5.43 Å². The van der Waals surface area contributed by atoms with Gasteiger partial charge in [-0.1, -0.05) is 24.7 Å². The van der Waals surface area contributed by atoms with Crippen LogP contribution in [0.5, 0.6) is 0 Å². The van der Waals surface area contributed by atoms with Crippen molar-refractivity contribution in [2.75, 3.05) is 18.5 Å². The van der Waals surface area contributed by atoms with Gasteiger partial charge in [0.05, 0.1) is 4.92 Å². The van der Waals surface area contributed by atoms with Gasteiger partial charge in [0.25, 0.3) is 10.0 Å². The zero-order valence-corrected chi connectivity index (χ0v) is 13.2. The summed E-state index contributed by atoms with van der Waals surface area (Å²) in [5.74, 6) is 5.76. The third kappa shape index (κ3) is 3.18. The molecule has 1 fully saturated rings.